The summed E-state index contributed by atoms with van der Waals surface area (Å²) in [5.74, 6) is -1.07. The van der Waals surface area contributed by atoms with Crippen molar-refractivity contribution >= 4 is 23.6 Å². The lowest BCUT2D eigenvalue weighted by Crippen LogP contribution is -2.42. The molecule has 3 rings (SSSR count). The molecule has 0 aromatic carbocycles. The zero-order valence-electron chi connectivity index (χ0n) is 17.7. The van der Waals surface area contributed by atoms with Gasteiger partial charge in [0.2, 0.25) is 11.7 Å². The van der Waals surface area contributed by atoms with E-state index in [0.717, 1.165) is 38.5 Å². The molecule has 0 unspecified atom stereocenters. The molecule has 31 heavy (non-hydrogen) atoms. The topological polar surface area (TPSA) is 140 Å². The van der Waals surface area contributed by atoms with Crippen molar-refractivity contribution in [3.05, 3.63) is 11.6 Å². The normalized spacial score (nSPS) is 20.0. The number of nitrogens with zero attached hydrogens (tertiary/aromatic N) is 3. The molecule has 10 nitrogen and oxygen atoms in total. The number of aryl methyl sites for hydroxylation is 1. The number of nitrogens with one attached hydrogen (secondary N) is 3. The SMILES string of the molecule is Cc1nc(NNC(=O)[C@@H](CNC(=O)O)CC2CCCC2)c(F)c(N2CCC[C@H]2CO)n1. The van der Waals surface area contributed by atoms with E-state index in [2.05, 4.69) is 26.1 Å². The van der Waals surface area contributed by atoms with Gasteiger partial charge in [0.25, 0.3) is 0 Å². The van der Waals surface area contributed by atoms with Crippen LogP contribution in [-0.2, 0) is 4.79 Å². The van der Waals surface area contributed by atoms with E-state index >= 15 is 4.39 Å². The number of aliphatic hydroxyl groups is 1. The first-order chi connectivity index (χ1) is 14.9. The summed E-state index contributed by atoms with van der Waals surface area (Å²) in [6.07, 6.45) is 5.22. The predicted octanol–water partition coefficient (Wildman–Crippen LogP) is 1.79. The molecule has 0 spiro atoms. The van der Waals surface area contributed by atoms with E-state index in [4.69, 9.17) is 5.11 Å². The van der Waals surface area contributed by atoms with E-state index in [-0.39, 0.29) is 30.8 Å². The molecule has 1 saturated heterocycles. The van der Waals surface area contributed by atoms with E-state index in [1.807, 2.05) is 0 Å². The monoisotopic (exact) mass is 438 g/mol. The van der Waals surface area contributed by atoms with Crippen molar-refractivity contribution in [3.8, 4) is 0 Å². The number of carbonyl (C=O) groups excluding carboxylic acids is 1. The fraction of sp³-hybridized carbons (Fsp3) is 0.700. The predicted molar refractivity (Wildman–Crippen MR) is 112 cm³/mol. The fourth-order valence-corrected chi connectivity index (χ4v) is 4.49. The van der Waals surface area contributed by atoms with E-state index in [1.54, 1.807) is 11.8 Å². The maximum Gasteiger partial charge on any atom is 0.404 e. The lowest BCUT2D eigenvalue weighted by molar-refractivity contribution is -0.124. The van der Waals surface area contributed by atoms with Crippen molar-refractivity contribution in [2.24, 2.45) is 11.8 Å². The fourth-order valence-electron chi connectivity index (χ4n) is 4.49. The molecule has 1 aliphatic heterocycles. The quantitative estimate of drug-likeness (QED) is 0.368. The Morgan fingerprint density at radius 3 is 2.65 bits per heavy atom. The van der Waals surface area contributed by atoms with Crippen LogP contribution in [0.1, 0.15) is 50.8 Å². The molecular formula is C20H31FN6O4. The molecule has 2 aliphatic rings. The number of rotatable bonds is 9. The number of anilines is 2. The molecule has 2 amide bonds. The number of aliphatic hydroxyl groups excluding tert-OH is 1. The van der Waals surface area contributed by atoms with Crippen LogP contribution in [0.25, 0.3) is 0 Å². The van der Waals surface area contributed by atoms with Gasteiger partial charge in [0.05, 0.1) is 18.6 Å². The second-order valence-corrected chi connectivity index (χ2v) is 8.31. The molecule has 1 saturated carbocycles. The smallest absolute Gasteiger partial charge is 0.404 e. The highest BCUT2D eigenvalue weighted by molar-refractivity contribution is 5.80. The van der Waals surface area contributed by atoms with Crippen LogP contribution in [0.5, 0.6) is 0 Å². The molecule has 1 aromatic heterocycles. The lowest BCUT2D eigenvalue weighted by Gasteiger charge is -2.25. The Kier molecular flexibility index (Phi) is 7.83. The van der Waals surface area contributed by atoms with Crippen LogP contribution in [0.2, 0.25) is 0 Å². The Bertz CT molecular complexity index is 789. The number of amides is 2. The third-order valence-electron chi connectivity index (χ3n) is 6.07. The van der Waals surface area contributed by atoms with Crippen molar-refractivity contribution in [3.63, 3.8) is 0 Å². The van der Waals surface area contributed by atoms with Crippen LogP contribution < -0.4 is 21.1 Å². The zero-order valence-corrected chi connectivity index (χ0v) is 17.7. The molecule has 2 fully saturated rings. The van der Waals surface area contributed by atoms with Gasteiger partial charge in [-0.25, -0.2) is 14.8 Å². The van der Waals surface area contributed by atoms with Gasteiger partial charge in [0.1, 0.15) is 5.82 Å². The number of halogens is 1. The average Bonchev–Trinajstić information content (AvgIpc) is 3.42. The van der Waals surface area contributed by atoms with Gasteiger partial charge in [-0.3, -0.25) is 15.6 Å². The Hall–Kier alpha value is -2.69. The first-order valence-corrected chi connectivity index (χ1v) is 10.8. The molecule has 0 radical (unpaired) electrons. The van der Waals surface area contributed by atoms with E-state index in [1.165, 1.54) is 0 Å². The molecule has 11 heteroatoms. The lowest BCUT2D eigenvalue weighted by atomic mass is 9.92. The van der Waals surface area contributed by atoms with Crippen LogP contribution in [0.15, 0.2) is 0 Å². The zero-order chi connectivity index (χ0) is 22.4. The van der Waals surface area contributed by atoms with Gasteiger partial charge in [-0.1, -0.05) is 25.7 Å². The Labute approximate surface area is 180 Å². The van der Waals surface area contributed by atoms with Crippen molar-refractivity contribution in [1.29, 1.82) is 0 Å². The second kappa shape index (κ2) is 10.6. The number of carboxylic acid groups (broad SMARTS) is 1. The summed E-state index contributed by atoms with van der Waals surface area (Å²) in [6, 6.07) is -0.205. The number of hydrogen-bond donors (Lipinski definition) is 5. The van der Waals surface area contributed by atoms with Crippen molar-refractivity contribution < 1.29 is 24.2 Å². The highest BCUT2D eigenvalue weighted by Gasteiger charge is 2.30. The van der Waals surface area contributed by atoms with Crippen LogP contribution in [0.3, 0.4) is 0 Å². The molecule has 1 aliphatic carbocycles. The first-order valence-electron chi connectivity index (χ1n) is 10.8. The minimum absolute atomic E-state index is 0.0121. The van der Waals surface area contributed by atoms with Crippen molar-refractivity contribution in [2.75, 3.05) is 30.0 Å². The van der Waals surface area contributed by atoms with Crippen LogP contribution in [-0.4, -0.2) is 57.9 Å². The summed E-state index contributed by atoms with van der Waals surface area (Å²) in [7, 11) is 0. The van der Waals surface area contributed by atoms with Gasteiger partial charge < -0.3 is 20.4 Å². The standard InChI is InChI=1S/C20H31FN6O4/c1-12-23-17(16(21)18(24-12)27-8-4-7-15(27)11-28)25-26-19(29)14(10-22-20(30)31)9-13-5-2-3-6-13/h13-15,22,28H,2-11H2,1H3,(H,26,29)(H,30,31)(H,23,24,25)/t14-,15+/m1/s1. The molecule has 5 N–H and O–H groups in total. The summed E-state index contributed by atoms with van der Waals surface area (Å²) >= 11 is 0. The van der Waals surface area contributed by atoms with Gasteiger partial charge in [-0.15, -0.1) is 0 Å². The first kappa shape index (κ1) is 23.0. The highest BCUT2D eigenvalue weighted by Crippen LogP contribution is 2.31. The van der Waals surface area contributed by atoms with Gasteiger partial charge in [-0.05, 0) is 32.1 Å². The number of carbonyl (C=O) groups is 2. The largest absolute Gasteiger partial charge is 0.465 e. The third-order valence-corrected chi connectivity index (χ3v) is 6.07. The van der Waals surface area contributed by atoms with Crippen LogP contribution >= 0.6 is 0 Å². The number of aromatic nitrogens is 2. The Balaban J connectivity index is 1.69. The summed E-state index contributed by atoms with van der Waals surface area (Å²) in [5.41, 5.74) is 5.04. The number of hydrogen-bond acceptors (Lipinski definition) is 7. The summed E-state index contributed by atoms with van der Waals surface area (Å²) in [4.78, 5) is 33.6. The minimum atomic E-state index is -1.19. The summed E-state index contributed by atoms with van der Waals surface area (Å²) in [5, 5.41) is 20.7. The average molecular weight is 439 g/mol. The molecule has 2 atom stereocenters. The maximum absolute atomic E-state index is 15.1. The van der Waals surface area contributed by atoms with E-state index in [0.29, 0.717) is 24.7 Å². The van der Waals surface area contributed by atoms with Crippen LogP contribution in [0.4, 0.5) is 20.8 Å². The molecular weight excluding hydrogens is 407 g/mol. The van der Waals surface area contributed by atoms with Gasteiger partial charge >= 0.3 is 6.09 Å². The second-order valence-electron chi connectivity index (χ2n) is 8.31. The summed E-state index contributed by atoms with van der Waals surface area (Å²) < 4.78 is 15.1. The van der Waals surface area contributed by atoms with E-state index < -0.39 is 23.7 Å². The minimum Gasteiger partial charge on any atom is -0.465 e. The summed E-state index contributed by atoms with van der Waals surface area (Å²) in [6.45, 7) is 2.09. The van der Waals surface area contributed by atoms with Crippen molar-refractivity contribution in [1.82, 2.24) is 20.7 Å². The van der Waals surface area contributed by atoms with Crippen LogP contribution in [0, 0.1) is 24.6 Å². The Morgan fingerprint density at radius 1 is 1.23 bits per heavy atom. The van der Waals surface area contributed by atoms with Crippen molar-refractivity contribution in [2.45, 2.75) is 57.9 Å². The van der Waals surface area contributed by atoms with Gasteiger partial charge in [-0.2, -0.15) is 4.39 Å². The molecule has 2 heterocycles. The van der Waals surface area contributed by atoms with E-state index in [9.17, 15) is 14.7 Å². The van der Waals surface area contributed by atoms with Gasteiger partial charge in [0.15, 0.2) is 11.6 Å². The number of hydrazine groups is 1. The van der Waals surface area contributed by atoms with Gasteiger partial charge in [0, 0.05) is 13.1 Å². The Morgan fingerprint density at radius 2 is 1.97 bits per heavy atom. The molecule has 0 bridgehead atoms. The third kappa shape index (κ3) is 5.93. The maximum atomic E-state index is 15.1. The molecule has 1 aromatic rings. The highest BCUT2D eigenvalue weighted by atomic mass is 19.1. The molecule has 172 valence electrons.